The predicted molar refractivity (Wildman–Crippen MR) is 110 cm³/mol. The molecule has 0 N–H and O–H groups in total. The van der Waals surface area contributed by atoms with Crippen molar-refractivity contribution in [2.75, 3.05) is 44.7 Å². The fraction of sp³-hybridized carbons (Fsp3) is 0.261. The number of carbonyl (C=O) groups is 2. The van der Waals surface area contributed by atoms with Gasteiger partial charge in [0.2, 0.25) is 0 Å². The molecule has 0 spiro atoms. The summed E-state index contributed by atoms with van der Waals surface area (Å²) in [4.78, 5) is 32.3. The Hall–Kier alpha value is -3.14. The molecule has 2 heterocycles. The molecule has 140 valence electrons. The van der Waals surface area contributed by atoms with Crippen molar-refractivity contribution >= 4 is 28.3 Å². The van der Waals surface area contributed by atoms with E-state index in [0.717, 1.165) is 48.2 Å². The first-order valence-corrected chi connectivity index (χ1v) is 9.61. The summed E-state index contributed by atoms with van der Waals surface area (Å²) in [5, 5.41) is 1.78. The number of hydrogen-bond acceptors (Lipinski definition) is 4. The van der Waals surface area contributed by atoms with E-state index in [0.29, 0.717) is 11.1 Å². The van der Waals surface area contributed by atoms with E-state index in [1.165, 1.54) is 4.90 Å². The number of carbonyl (C=O) groups excluding carboxylic acids is 2. The largest absolute Gasteiger partial charge is 0.368 e. The molecule has 0 radical (unpaired) electrons. The van der Waals surface area contributed by atoms with Crippen molar-refractivity contribution in [3.8, 4) is 0 Å². The Morgan fingerprint density at radius 1 is 0.964 bits per heavy atom. The van der Waals surface area contributed by atoms with Crippen LogP contribution in [0.1, 0.15) is 20.7 Å². The van der Waals surface area contributed by atoms with Crippen LogP contribution in [0.3, 0.4) is 0 Å². The van der Waals surface area contributed by atoms with Gasteiger partial charge >= 0.3 is 0 Å². The lowest BCUT2D eigenvalue weighted by Crippen LogP contribution is -2.45. The predicted octanol–water partition coefficient (Wildman–Crippen LogP) is 2.84. The third-order valence-corrected chi connectivity index (χ3v) is 5.80. The molecular weight excluding hydrogens is 350 g/mol. The molecule has 5 heteroatoms. The third-order valence-electron chi connectivity index (χ3n) is 5.80. The fourth-order valence-corrected chi connectivity index (χ4v) is 4.23. The van der Waals surface area contributed by atoms with Crippen LogP contribution in [0.4, 0.5) is 5.69 Å². The lowest BCUT2D eigenvalue weighted by molar-refractivity contribution is 0.0626. The van der Waals surface area contributed by atoms with Crippen molar-refractivity contribution in [3.63, 3.8) is 0 Å². The normalized spacial score (nSPS) is 19.1. The van der Waals surface area contributed by atoms with Gasteiger partial charge in [-0.2, -0.15) is 0 Å². The highest BCUT2D eigenvalue weighted by molar-refractivity contribution is 6.26. The Balaban J connectivity index is 1.60. The van der Waals surface area contributed by atoms with Gasteiger partial charge in [0.1, 0.15) is 0 Å². The van der Waals surface area contributed by atoms with E-state index in [9.17, 15) is 9.59 Å². The number of likely N-dealkylation sites (N-methyl/N-ethyl adjacent to an activating group) is 1. The Morgan fingerprint density at radius 2 is 1.71 bits per heavy atom. The molecule has 3 aliphatic rings. The van der Waals surface area contributed by atoms with Crippen LogP contribution in [0.25, 0.3) is 10.8 Å². The van der Waals surface area contributed by atoms with E-state index in [-0.39, 0.29) is 18.4 Å². The molecule has 2 amide bonds. The smallest absolute Gasteiger partial charge is 0.261 e. The van der Waals surface area contributed by atoms with Gasteiger partial charge in [0, 0.05) is 59.3 Å². The van der Waals surface area contributed by atoms with Crippen LogP contribution in [0.2, 0.25) is 0 Å². The SMILES string of the molecule is CN1CCN(c2ccc3c4c(cccc24)C(=O)N(CC2=C=CC=C2)C3=O)CC1. The zero-order valence-corrected chi connectivity index (χ0v) is 15.8. The number of imide groups is 1. The van der Waals surface area contributed by atoms with E-state index in [1.54, 1.807) is 6.08 Å². The summed E-state index contributed by atoms with van der Waals surface area (Å²) < 4.78 is 0. The summed E-state index contributed by atoms with van der Waals surface area (Å²) in [6.07, 6.45) is 5.55. The number of piperazine rings is 1. The van der Waals surface area contributed by atoms with Gasteiger partial charge in [-0.15, -0.1) is 5.73 Å². The van der Waals surface area contributed by atoms with Crippen molar-refractivity contribution < 1.29 is 9.59 Å². The fourth-order valence-electron chi connectivity index (χ4n) is 4.23. The van der Waals surface area contributed by atoms with Crippen molar-refractivity contribution in [1.82, 2.24) is 9.80 Å². The zero-order valence-electron chi connectivity index (χ0n) is 15.8. The standard InChI is InChI=1S/C23H21N3O2/c1-24-11-13-25(14-12-24)20-10-9-19-21-17(20)7-4-8-18(21)22(27)26(23(19)28)15-16-5-2-3-6-16/h2-5,7-10H,11-15H2,1H3. The quantitative estimate of drug-likeness (QED) is 0.615. The zero-order chi connectivity index (χ0) is 19.3. The highest BCUT2D eigenvalue weighted by Crippen LogP contribution is 2.36. The summed E-state index contributed by atoms with van der Waals surface area (Å²) in [5.74, 6) is -0.457. The van der Waals surface area contributed by atoms with Gasteiger partial charge in [0.15, 0.2) is 0 Å². The van der Waals surface area contributed by atoms with Gasteiger partial charge in [-0.3, -0.25) is 14.5 Å². The molecule has 0 bridgehead atoms. The molecule has 0 unspecified atom stereocenters. The molecule has 28 heavy (non-hydrogen) atoms. The Morgan fingerprint density at radius 3 is 2.43 bits per heavy atom. The minimum atomic E-state index is -0.228. The lowest BCUT2D eigenvalue weighted by atomic mass is 9.92. The van der Waals surface area contributed by atoms with Gasteiger partial charge < -0.3 is 9.80 Å². The topological polar surface area (TPSA) is 43.9 Å². The maximum Gasteiger partial charge on any atom is 0.261 e. The first-order chi connectivity index (χ1) is 13.6. The molecule has 1 fully saturated rings. The molecule has 0 aromatic heterocycles. The van der Waals surface area contributed by atoms with Crippen molar-refractivity contribution in [2.24, 2.45) is 0 Å². The monoisotopic (exact) mass is 371 g/mol. The van der Waals surface area contributed by atoms with E-state index in [1.807, 2.05) is 42.5 Å². The molecule has 5 rings (SSSR count). The maximum absolute atomic E-state index is 13.1. The second-order valence-corrected chi connectivity index (χ2v) is 7.54. The van der Waals surface area contributed by atoms with E-state index < -0.39 is 0 Å². The van der Waals surface area contributed by atoms with Gasteiger partial charge in [0.25, 0.3) is 11.8 Å². The molecule has 1 aliphatic carbocycles. The molecule has 0 saturated carbocycles. The second-order valence-electron chi connectivity index (χ2n) is 7.54. The van der Waals surface area contributed by atoms with Crippen molar-refractivity contribution in [2.45, 2.75) is 0 Å². The molecule has 0 atom stereocenters. The summed E-state index contributed by atoms with van der Waals surface area (Å²) in [6.45, 7) is 4.14. The number of nitrogens with zero attached hydrogens (tertiary/aromatic N) is 3. The summed E-state index contributed by atoms with van der Waals surface area (Å²) in [5.41, 5.74) is 6.23. The number of allylic oxidation sites excluding steroid dienone is 1. The number of amides is 2. The third kappa shape index (κ3) is 2.60. The summed E-state index contributed by atoms with van der Waals surface area (Å²) >= 11 is 0. The first-order valence-electron chi connectivity index (χ1n) is 9.61. The van der Waals surface area contributed by atoms with Crippen molar-refractivity contribution in [3.05, 3.63) is 71.0 Å². The number of hydrogen-bond donors (Lipinski definition) is 0. The molecule has 2 aliphatic heterocycles. The van der Waals surface area contributed by atoms with Gasteiger partial charge in [-0.05, 0) is 37.4 Å². The molecule has 2 aromatic carbocycles. The number of anilines is 1. The van der Waals surface area contributed by atoms with Crippen molar-refractivity contribution in [1.29, 1.82) is 0 Å². The minimum absolute atomic E-state index is 0.228. The average molecular weight is 371 g/mol. The number of rotatable bonds is 3. The van der Waals surface area contributed by atoms with Crippen LogP contribution >= 0.6 is 0 Å². The minimum Gasteiger partial charge on any atom is -0.368 e. The van der Waals surface area contributed by atoms with E-state index in [2.05, 4.69) is 22.6 Å². The Kier molecular flexibility index (Phi) is 3.93. The second kappa shape index (κ2) is 6.48. The van der Waals surface area contributed by atoms with Crippen LogP contribution in [0, 0.1) is 0 Å². The highest BCUT2D eigenvalue weighted by Gasteiger charge is 2.34. The molecule has 2 aromatic rings. The van der Waals surface area contributed by atoms with Crippen LogP contribution in [-0.4, -0.2) is 61.4 Å². The van der Waals surface area contributed by atoms with Crippen LogP contribution in [-0.2, 0) is 0 Å². The molecule has 1 saturated heterocycles. The Bertz CT molecular complexity index is 1080. The summed E-state index contributed by atoms with van der Waals surface area (Å²) in [6, 6.07) is 9.69. The van der Waals surface area contributed by atoms with Gasteiger partial charge in [-0.1, -0.05) is 18.2 Å². The van der Waals surface area contributed by atoms with Gasteiger partial charge in [0.05, 0.1) is 6.54 Å². The highest BCUT2D eigenvalue weighted by atomic mass is 16.2. The summed E-state index contributed by atoms with van der Waals surface area (Å²) in [7, 11) is 2.13. The Labute approximate surface area is 163 Å². The molecular formula is C23H21N3O2. The van der Waals surface area contributed by atoms with E-state index in [4.69, 9.17) is 0 Å². The van der Waals surface area contributed by atoms with Crippen LogP contribution < -0.4 is 4.90 Å². The van der Waals surface area contributed by atoms with Crippen LogP contribution in [0.5, 0.6) is 0 Å². The van der Waals surface area contributed by atoms with E-state index >= 15 is 0 Å². The average Bonchev–Trinajstić information content (AvgIpc) is 3.23. The van der Waals surface area contributed by atoms with Crippen LogP contribution in [0.15, 0.2) is 59.9 Å². The lowest BCUT2D eigenvalue weighted by Gasteiger charge is -2.35. The number of benzene rings is 2. The maximum atomic E-state index is 13.1. The first kappa shape index (κ1) is 17.0. The van der Waals surface area contributed by atoms with Gasteiger partial charge in [-0.25, -0.2) is 0 Å². The molecule has 5 nitrogen and oxygen atoms in total.